The molecule has 0 bridgehead atoms. The van der Waals surface area contributed by atoms with Gasteiger partial charge >= 0.3 is 0 Å². The molecule has 1 atom stereocenters. The van der Waals surface area contributed by atoms with Gasteiger partial charge in [0, 0.05) is 6.04 Å². The number of rotatable bonds is 5. The summed E-state index contributed by atoms with van der Waals surface area (Å²) >= 11 is 0. The van der Waals surface area contributed by atoms with Crippen molar-refractivity contribution >= 4 is 0 Å². The van der Waals surface area contributed by atoms with E-state index < -0.39 is 0 Å². The first-order chi connectivity index (χ1) is 7.10. The Kier molecular flexibility index (Phi) is 4.85. The molecule has 0 spiro atoms. The van der Waals surface area contributed by atoms with Crippen LogP contribution in [-0.2, 0) is 0 Å². The summed E-state index contributed by atoms with van der Waals surface area (Å²) in [6.45, 7) is 12.1. The molecule has 1 aliphatic rings. The predicted octanol–water partition coefficient (Wildman–Crippen LogP) is 3.90. The van der Waals surface area contributed by atoms with Gasteiger partial charge in [-0.3, -0.25) is 0 Å². The molecule has 15 heavy (non-hydrogen) atoms. The molecule has 0 saturated heterocycles. The second-order valence-corrected chi connectivity index (χ2v) is 5.45. The van der Waals surface area contributed by atoms with Gasteiger partial charge in [-0.15, -0.1) is 0 Å². The van der Waals surface area contributed by atoms with Crippen LogP contribution in [-0.4, -0.2) is 12.6 Å². The largest absolute Gasteiger partial charge is 0.310 e. The molecule has 1 nitrogen and oxygen atoms in total. The van der Waals surface area contributed by atoms with Gasteiger partial charge in [-0.05, 0) is 38.1 Å². The molecule has 0 heterocycles. The molecule has 88 valence electrons. The third kappa shape index (κ3) is 3.34. The Morgan fingerprint density at radius 3 is 2.40 bits per heavy atom. The number of hydrogen-bond donors (Lipinski definition) is 1. The van der Waals surface area contributed by atoms with Crippen LogP contribution in [0.3, 0.4) is 0 Å². The fourth-order valence-corrected chi connectivity index (χ4v) is 2.95. The fourth-order valence-electron chi connectivity index (χ4n) is 2.95. The maximum atomic E-state index is 4.17. The van der Waals surface area contributed by atoms with E-state index in [0.717, 1.165) is 6.54 Å². The topological polar surface area (TPSA) is 12.0 Å². The third-order valence-electron chi connectivity index (χ3n) is 3.78. The maximum Gasteiger partial charge on any atom is 0.0328 e. The van der Waals surface area contributed by atoms with Crippen molar-refractivity contribution in [2.75, 3.05) is 6.54 Å². The molecule has 0 aromatic rings. The first kappa shape index (κ1) is 12.8. The van der Waals surface area contributed by atoms with Crippen molar-refractivity contribution in [3.63, 3.8) is 0 Å². The molecule has 1 heteroatoms. The molecule has 0 radical (unpaired) electrons. The number of nitrogens with one attached hydrogen (secondary N) is 1. The fraction of sp³-hybridized carbons (Fsp3) is 0.857. The third-order valence-corrected chi connectivity index (χ3v) is 3.78. The Bertz CT molecular complexity index is 201. The average Bonchev–Trinajstić information content (AvgIpc) is 2.18. The molecule has 0 amide bonds. The van der Waals surface area contributed by atoms with Gasteiger partial charge in [0.2, 0.25) is 0 Å². The van der Waals surface area contributed by atoms with Gasteiger partial charge in [0.25, 0.3) is 0 Å². The zero-order valence-electron chi connectivity index (χ0n) is 10.7. The van der Waals surface area contributed by atoms with Crippen LogP contribution in [0, 0.1) is 5.41 Å². The molecule has 1 saturated carbocycles. The molecule has 1 rings (SSSR count). The van der Waals surface area contributed by atoms with E-state index in [2.05, 4.69) is 32.7 Å². The van der Waals surface area contributed by atoms with Crippen LogP contribution in [0.5, 0.6) is 0 Å². The SMILES string of the molecule is C=C(C)C(NCCC)C1(C)CCCCC1. The van der Waals surface area contributed by atoms with Crippen molar-refractivity contribution in [2.45, 2.75) is 65.3 Å². The van der Waals surface area contributed by atoms with Crippen molar-refractivity contribution in [3.05, 3.63) is 12.2 Å². The summed E-state index contributed by atoms with van der Waals surface area (Å²) < 4.78 is 0. The Morgan fingerprint density at radius 1 is 1.33 bits per heavy atom. The number of hydrogen-bond acceptors (Lipinski definition) is 1. The monoisotopic (exact) mass is 209 g/mol. The molecule has 0 aromatic heterocycles. The summed E-state index contributed by atoms with van der Waals surface area (Å²) in [6, 6.07) is 0.526. The minimum atomic E-state index is 0.458. The van der Waals surface area contributed by atoms with Gasteiger partial charge < -0.3 is 5.32 Å². The van der Waals surface area contributed by atoms with Crippen LogP contribution in [0.4, 0.5) is 0 Å². The summed E-state index contributed by atoms with van der Waals surface area (Å²) in [5, 5.41) is 3.68. The van der Waals surface area contributed by atoms with Gasteiger partial charge in [-0.1, -0.05) is 45.3 Å². The normalized spacial score (nSPS) is 22.3. The van der Waals surface area contributed by atoms with E-state index in [4.69, 9.17) is 0 Å². The maximum absolute atomic E-state index is 4.17. The molecule has 1 aliphatic carbocycles. The molecule has 0 aliphatic heterocycles. The van der Waals surface area contributed by atoms with E-state index in [1.54, 1.807) is 0 Å². The van der Waals surface area contributed by atoms with Crippen LogP contribution >= 0.6 is 0 Å². The lowest BCUT2D eigenvalue weighted by Crippen LogP contribution is -2.45. The highest BCUT2D eigenvalue weighted by molar-refractivity contribution is 5.09. The van der Waals surface area contributed by atoms with Gasteiger partial charge in [-0.25, -0.2) is 0 Å². The first-order valence-electron chi connectivity index (χ1n) is 6.49. The summed E-state index contributed by atoms with van der Waals surface area (Å²) in [7, 11) is 0. The molecule has 1 unspecified atom stereocenters. The van der Waals surface area contributed by atoms with Gasteiger partial charge in [0.1, 0.15) is 0 Å². The Labute approximate surface area is 95.3 Å². The summed E-state index contributed by atoms with van der Waals surface area (Å²) in [4.78, 5) is 0. The summed E-state index contributed by atoms with van der Waals surface area (Å²) in [5.41, 5.74) is 1.77. The van der Waals surface area contributed by atoms with E-state index >= 15 is 0 Å². The smallest absolute Gasteiger partial charge is 0.0328 e. The molecule has 1 fully saturated rings. The first-order valence-corrected chi connectivity index (χ1v) is 6.49. The van der Waals surface area contributed by atoms with Crippen molar-refractivity contribution in [1.82, 2.24) is 5.32 Å². The lowest BCUT2D eigenvalue weighted by molar-refractivity contribution is 0.164. The van der Waals surface area contributed by atoms with E-state index in [9.17, 15) is 0 Å². The summed E-state index contributed by atoms with van der Waals surface area (Å²) in [6.07, 6.45) is 8.15. The van der Waals surface area contributed by atoms with Gasteiger partial charge in [0.15, 0.2) is 0 Å². The van der Waals surface area contributed by atoms with Gasteiger partial charge in [0.05, 0.1) is 0 Å². The van der Waals surface area contributed by atoms with Crippen molar-refractivity contribution < 1.29 is 0 Å². The highest BCUT2D eigenvalue weighted by atomic mass is 14.9. The predicted molar refractivity (Wildman–Crippen MR) is 68.1 cm³/mol. The molecule has 0 aromatic carbocycles. The van der Waals surface area contributed by atoms with Crippen LogP contribution < -0.4 is 5.32 Å². The summed E-state index contributed by atoms with van der Waals surface area (Å²) in [5.74, 6) is 0. The lowest BCUT2D eigenvalue weighted by Gasteiger charge is -2.42. The van der Waals surface area contributed by atoms with E-state index in [1.165, 1.54) is 44.1 Å². The molecular weight excluding hydrogens is 182 g/mol. The van der Waals surface area contributed by atoms with Crippen molar-refractivity contribution in [3.8, 4) is 0 Å². The van der Waals surface area contributed by atoms with Crippen LogP contribution in [0.15, 0.2) is 12.2 Å². The minimum Gasteiger partial charge on any atom is -0.310 e. The average molecular weight is 209 g/mol. The molecule has 1 N–H and O–H groups in total. The highest BCUT2D eigenvalue weighted by Crippen LogP contribution is 2.40. The second kappa shape index (κ2) is 5.69. The van der Waals surface area contributed by atoms with Crippen LogP contribution in [0.1, 0.15) is 59.3 Å². The Hall–Kier alpha value is -0.300. The van der Waals surface area contributed by atoms with Gasteiger partial charge in [-0.2, -0.15) is 0 Å². The standard InChI is InChI=1S/C14H27N/c1-5-11-15-13(12(2)3)14(4)9-7-6-8-10-14/h13,15H,2,5-11H2,1,3-4H3. The van der Waals surface area contributed by atoms with Crippen molar-refractivity contribution in [2.24, 2.45) is 5.41 Å². The quantitative estimate of drug-likeness (QED) is 0.677. The molecular formula is C14H27N. The zero-order valence-corrected chi connectivity index (χ0v) is 10.7. The van der Waals surface area contributed by atoms with E-state index in [1.807, 2.05) is 0 Å². The Morgan fingerprint density at radius 2 is 1.93 bits per heavy atom. The van der Waals surface area contributed by atoms with Crippen LogP contribution in [0.2, 0.25) is 0 Å². The van der Waals surface area contributed by atoms with E-state index in [-0.39, 0.29) is 0 Å². The highest BCUT2D eigenvalue weighted by Gasteiger charge is 2.35. The lowest BCUT2D eigenvalue weighted by atomic mass is 9.69. The minimum absolute atomic E-state index is 0.458. The van der Waals surface area contributed by atoms with Crippen LogP contribution in [0.25, 0.3) is 0 Å². The Balaban J connectivity index is 2.63. The van der Waals surface area contributed by atoms with E-state index in [0.29, 0.717) is 11.5 Å². The van der Waals surface area contributed by atoms with Crippen molar-refractivity contribution in [1.29, 1.82) is 0 Å². The zero-order chi connectivity index (χ0) is 11.3. The second-order valence-electron chi connectivity index (χ2n) is 5.45.